The average molecular weight is 331 g/mol. The summed E-state index contributed by atoms with van der Waals surface area (Å²) in [4.78, 5) is 0. The molecule has 2 nitrogen and oxygen atoms in total. The molecule has 122 valence electrons. The fourth-order valence-electron chi connectivity index (χ4n) is 3.15. The van der Waals surface area contributed by atoms with Crippen LogP contribution in [-0.4, -0.2) is 5.06 Å². The van der Waals surface area contributed by atoms with Gasteiger partial charge in [-0.05, 0) is 56.4 Å². The van der Waals surface area contributed by atoms with Crippen molar-refractivity contribution in [3.05, 3.63) is 58.1 Å². The Bertz CT molecular complexity index is 720. The highest BCUT2D eigenvalue weighted by molar-refractivity contribution is 6.22. The molecule has 0 saturated heterocycles. The lowest BCUT2D eigenvalue weighted by Crippen LogP contribution is -2.31. The van der Waals surface area contributed by atoms with E-state index in [2.05, 4.69) is 32.9 Å². The van der Waals surface area contributed by atoms with Crippen LogP contribution < -0.4 is 9.47 Å². The first-order valence-corrected chi connectivity index (χ1v) is 8.44. The number of fused-ring (bicyclic) bond motifs is 1. The van der Waals surface area contributed by atoms with Crippen molar-refractivity contribution >= 4 is 11.6 Å². The Balaban J connectivity index is 1.95. The van der Waals surface area contributed by atoms with Crippen molar-refractivity contribution in [3.8, 4) is 11.5 Å². The Hall–Kier alpha value is -1.67. The van der Waals surface area contributed by atoms with Crippen LogP contribution in [0.1, 0.15) is 41.2 Å². The van der Waals surface area contributed by atoms with Crippen LogP contribution in [0.4, 0.5) is 0 Å². The van der Waals surface area contributed by atoms with Crippen LogP contribution in [0.3, 0.4) is 0 Å². The predicted molar refractivity (Wildman–Crippen MR) is 94.6 cm³/mol. The summed E-state index contributed by atoms with van der Waals surface area (Å²) in [5.41, 5.74) is 5.83. The van der Waals surface area contributed by atoms with E-state index in [0.717, 1.165) is 35.5 Å². The number of ether oxygens (including phenoxy) is 2. The van der Waals surface area contributed by atoms with Crippen LogP contribution in [0, 0.1) is 20.8 Å². The second kappa shape index (κ2) is 6.09. The molecule has 1 heterocycles. The van der Waals surface area contributed by atoms with Crippen LogP contribution in [0.5, 0.6) is 11.5 Å². The van der Waals surface area contributed by atoms with E-state index in [-0.39, 0.29) is 0 Å². The van der Waals surface area contributed by atoms with Crippen molar-refractivity contribution < 1.29 is 9.47 Å². The summed E-state index contributed by atoms with van der Waals surface area (Å²) in [7, 11) is 0. The summed E-state index contributed by atoms with van der Waals surface area (Å²) in [6, 6.07) is 10.2. The zero-order valence-electron chi connectivity index (χ0n) is 14.2. The maximum absolute atomic E-state index is 6.40. The van der Waals surface area contributed by atoms with Crippen LogP contribution in [0.15, 0.2) is 30.3 Å². The molecule has 1 aliphatic heterocycles. The molecular weight excluding hydrogens is 308 g/mol. The monoisotopic (exact) mass is 330 g/mol. The van der Waals surface area contributed by atoms with Gasteiger partial charge in [-0.25, -0.2) is 0 Å². The van der Waals surface area contributed by atoms with Gasteiger partial charge < -0.3 is 9.47 Å². The van der Waals surface area contributed by atoms with Crippen molar-refractivity contribution in [2.24, 2.45) is 0 Å². The first-order chi connectivity index (χ1) is 10.9. The SMILES string of the molecule is Cc1c(C)c2c(c(C)c1OCc1ccccc1)CC[C@@](C)(Cl)O2. The Morgan fingerprint density at radius 3 is 2.48 bits per heavy atom. The van der Waals surface area contributed by atoms with Gasteiger partial charge in [-0.2, -0.15) is 0 Å². The fraction of sp³-hybridized carbons (Fsp3) is 0.400. The third-order valence-corrected chi connectivity index (χ3v) is 4.94. The molecule has 0 N–H and O–H groups in total. The quantitative estimate of drug-likeness (QED) is 0.695. The van der Waals surface area contributed by atoms with Gasteiger partial charge in [-0.1, -0.05) is 41.9 Å². The van der Waals surface area contributed by atoms with Gasteiger partial charge in [-0.3, -0.25) is 0 Å². The van der Waals surface area contributed by atoms with Gasteiger partial charge in [0, 0.05) is 12.0 Å². The van der Waals surface area contributed by atoms with Gasteiger partial charge in [-0.15, -0.1) is 0 Å². The number of benzene rings is 2. The van der Waals surface area contributed by atoms with E-state index >= 15 is 0 Å². The van der Waals surface area contributed by atoms with E-state index in [1.807, 2.05) is 25.1 Å². The summed E-state index contributed by atoms with van der Waals surface area (Å²) in [6.07, 6.45) is 1.73. The van der Waals surface area contributed by atoms with Crippen molar-refractivity contribution in [2.75, 3.05) is 0 Å². The van der Waals surface area contributed by atoms with Crippen LogP contribution in [-0.2, 0) is 13.0 Å². The van der Waals surface area contributed by atoms with Gasteiger partial charge in [0.1, 0.15) is 18.1 Å². The molecule has 0 fully saturated rings. The molecule has 0 aromatic heterocycles. The minimum Gasteiger partial charge on any atom is -0.488 e. The molecule has 0 amide bonds. The van der Waals surface area contributed by atoms with Crippen molar-refractivity contribution in [2.45, 2.75) is 52.2 Å². The third-order valence-electron chi connectivity index (χ3n) is 4.67. The molecule has 0 unspecified atom stereocenters. The molecule has 0 bridgehead atoms. The van der Waals surface area contributed by atoms with E-state index < -0.39 is 5.06 Å². The standard InChI is InChI=1S/C20H23ClO2/c1-13-14(2)19-17(10-11-20(4,21)23-19)15(3)18(13)22-12-16-8-6-5-7-9-16/h5-9H,10-12H2,1-4H3/t20-/m0/s1. The van der Waals surface area contributed by atoms with Crippen molar-refractivity contribution in [1.29, 1.82) is 0 Å². The van der Waals surface area contributed by atoms with E-state index in [0.29, 0.717) is 6.61 Å². The Kier molecular flexibility index (Phi) is 4.29. The Morgan fingerprint density at radius 1 is 1.09 bits per heavy atom. The number of hydrogen-bond donors (Lipinski definition) is 0. The molecule has 1 aliphatic rings. The minimum atomic E-state index is -0.608. The zero-order chi connectivity index (χ0) is 16.6. The highest BCUT2D eigenvalue weighted by Gasteiger charge is 2.32. The topological polar surface area (TPSA) is 18.5 Å². The molecule has 2 aromatic rings. The molecule has 2 aromatic carbocycles. The maximum atomic E-state index is 6.40. The summed E-state index contributed by atoms with van der Waals surface area (Å²) < 4.78 is 12.2. The normalized spacial score (nSPS) is 19.9. The van der Waals surface area contributed by atoms with Gasteiger partial charge >= 0.3 is 0 Å². The van der Waals surface area contributed by atoms with Crippen molar-refractivity contribution in [1.82, 2.24) is 0 Å². The number of halogens is 1. The van der Waals surface area contributed by atoms with Gasteiger partial charge in [0.25, 0.3) is 0 Å². The smallest absolute Gasteiger partial charge is 0.180 e. The molecule has 3 rings (SSSR count). The first-order valence-electron chi connectivity index (χ1n) is 8.06. The lowest BCUT2D eigenvalue weighted by molar-refractivity contribution is 0.147. The third kappa shape index (κ3) is 3.18. The second-order valence-corrected chi connectivity index (χ2v) is 7.29. The minimum absolute atomic E-state index is 0.578. The van der Waals surface area contributed by atoms with E-state index in [9.17, 15) is 0 Å². The average Bonchev–Trinajstić information content (AvgIpc) is 2.53. The van der Waals surface area contributed by atoms with E-state index in [1.165, 1.54) is 16.7 Å². The molecule has 0 saturated carbocycles. The van der Waals surface area contributed by atoms with Crippen LogP contribution >= 0.6 is 11.6 Å². The summed E-state index contributed by atoms with van der Waals surface area (Å²) >= 11 is 6.40. The first kappa shape index (κ1) is 16.2. The zero-order valence-corrected chi connectivity index (χ0v) is 15.0. The van der Waals surface area contributed by atoms with Crippen LogP contribution in [0.25, 0.3) is 0 Å². The van der Waals surface area contributed by atoms with E-state index in [1.54, 1.807) is 0 Å². The lowest BCUT2D eigenvalue weighted by atomic mass is 9.91. The molecule has 23 heavy (non-hydrogen) atoms. The van der Waals surface area contributed by atoms with Gasteiger partial charge in [0.15, 0.2) is 5.06 Å². The van der Waals surface area contributed by atoms with Gasteiger partial charge in [0.05, 0.1) is 0 Å². The largest absolute Gasteiger partial charge is 0.488 e. The molecule has 1 atom stereocenters. The highest BCUT2D eigenvalue weighted by atomic mass is 35.5. The van der Waals surface area contributed by atoms with E-state index in [4.69, 9.17) is 21.1 Å². The maximum Gasteiger partial charge on any atom is 0.180 e. The van der Waals surface area contributed by atoms with Gasteiger partial charge in [0.2, 0.25) is 0 Å². The summed E-state index contributed by atoms with van der Waals surface area (Å²) in [6.45, 7) is 8.80. The highest BCUT2D eigenvalue weighted by Crippen LogP contribution is 2.44. The van der Waals surface area contributed by atoms with Crippen molar-refractivity contribution in [3.63, 3.8) is 0 Å². The molecule has 3 heteroatoms. The molecule has 0 aliphatic carbocycles. The molecular formula is C20H23ClO2. The summed E-state index contributed by atoms with van der Waals surface area (Å²) in [5.74, 6) is 1.92. The second-order valence-electron chi connectivity index (χ2n) is 6.49. The number of rotatable bonds is 3. The fourth-order valence-corrected chi connectivity index (χ4v) is 3.32. The Labute approximate surface area is 143 Å². The Morgan fingerprint density at radius 2 is 1.78 bits per heavy atom. The van der Waals surface area contributed by atoms with Crippen LogP contribution in [0.2, 0.25) is 0 Å². The summed E-state index contributed by atoms with van der Waals surface area (Å²) in [5, 5.41) is -0.608. The number of alkyl halides is 1. The predicted octanol–water partition coefficient (Wildman–Crippen LogP) is 5.47. The molecule has 0 spiro atoms. The molecule has 0 radical (unpaired) electrons. The lowest BCUT2D eigenvalue weighted by Gasteiger charge is -2.34. The number of hydrogen-bond acceptors (Lipinski definition) is 2.